The molecule has 1 fully saturated rings. The third kappa shape index (κ3) is 1.66. The van der Waals surface area contributed by atoms with Crippen LogP contribution in [-0.4, -0.2) is 27.9 Å². The standard InChI is InChI=1S/C10H18N4/c1-7(2)4-10-13-12-8(3)14(10)9-5-11-6-9/h7,9,11H,4-6H2,1-3H3. The third-order valence-electron chi connectivity index (χ3n) is 2.65. The van der Waals surface area contributed by atoms with Gasteiger partial charge in [0.15, 0.2) is 0 Å². The third-order valence-corrected chi connectivity index (χ3v) is 2.65. The van der Waals surface area contributed by atoms with E-state index in [1.54, 1.807) is 0 Å². The van der Waals surface area contributed by atoms with E-state index >= 15 is 0 Å². The molecule has 0 aliphatic carbocycles. The van der Waals surface area contributed by atoms with Crippen molar-refractivity contribution in [1.82, 2.24) is 20.1 Å². The Kier molecular flexibility index (Phi) is 2.54. The van der Waals surface area contributed by atoms with Gasteiger partial charge in [-0.05, 0) is 12.8 Å². The number of hydrogen-bond acceptors (Lipinski definition) is 3. The highest BCUT2D eigenvalue weighted by atomic mass is 15.3. The Hall–Kier alpha value is -0.900. The van der Waals surface area contributed by atoms with Gasteiger partial charge in [0.25, 0.3) is 0 Å². The van der Waals surface area contributed by atoms with Crippen LogP contribution in [0.3, 0.4) is 0 Å². The van der Waals surface area contributed by atoms with Crippen molar-refractivity contribution in [2.75, 3.05) is 13.1 Å². The highest BCUT2D eigenvalue weighted by Gasteiger charge is 2.23. The van der Waals surface area contributed by atoms with E-state index in [0.29, 0.717) is 12.0 Å². The zero-order valence-electron chi connectivity index (χ0n) is 9.12. The summed E-state index contributed by atoms with van der Waals surface area (Å²) in [6.07, 6.45) is 1.03. The van der Waals surface area contributed by atoms with Crippen LogP contribution >= 0.6 is 0 Å². The highest BCUT2D eigenvalue weighted by Crippen LogP contribution is 2.17. The smallest absolute Gasteiger partial charge is 0.133 e. The molecule has 78 valence electrons. The number of aromatic nitrogens is 3. The van der Waals surface area contributed by atoms with E-state index in [0.717, 1.165) is 31.2 Å². The van der Waals surface area contributed by atoms with Crippen LogP contribution in [0.4, 0.5) is 0 Å². The number of nitrogens with zero attached hydrogens (tertiary/aromatic N) is 3. The first-order valence-electron chi connectivity index (χ1n) is 5.29. The molecule has 4 nitrogen and oxygen atoms in total. The molecule has 1 aromatic rings. The molecule has 1 N–H and O–H groups in total. The summed E-state index contributed by atoms with van der Waals surface area (Å²) in [6, 6.07) is 0.582. The molecule has 0 amide bonds. The maximum absolute atomic E-state index is 4.24. The number of hydrogen-bond donors (Lipinski definition) is 1. The molecule has 2 rings (SSSR count). The lowest BCUT2D eigenvalue weighted by molar-refractivity contribution is 0.327. The van der Waals surface area contributed by atoms with Crippen molar-refractivity contribution in [3.8, 4) is 0 Å². The zero-order chi connectivity index (χ0) is 10.1. The van der Waals surface area contributed by atoms with Gasteiger partial charge in [0.1, 0.15) is 11.6 Å². The summed E-state index contributed by atoms with van der Waals surface area (Å²) in [5.41, 5.74) is 0. The lowest BCUT2D eigenvalue weighted by atomic mass is 10.1. The SMILES string of the molecule is Cc1nnc(CC(C)C)n1C1CNC1. The number of nitrogens with one attached hydrogen (secondary N) is 1. The Morgan fingerprint density at radius 3 is 2.64 bits per heavy atom. The molecule has 1 aliphatic heterocycles. The minimum absolute atomic E-state index is 0.582. The molecule has 0 spiro atoms. The van der Waals surface area contributed by atoms with Crippen LogP contribution in [0.2, 0.25) is 0 Å². The number of aryl methyl sites for hydroxylation is 1. The van der Waals surface area contributed by atoms with E-state index < -0.39 is 0 Å². The summed E-state index contributed by atoms with van der Waals surface area (Å²) in [6.45, 7) is 8.59. The molecule has 0 radical (unpaired) electrons. The predicted molar refractivity (Wildman–Crippen MR) is 55.2 cm³/mol. The molecule has 4 heteroatoms. The monoisotopic (exact) mass is 194 g/mol. The molecule has 1 saturated heterocycles. The van der Waals surface area contributed by atoms with Crippen LogP contribution in [-0.2, 0) is 6.42 Å². The Bertz CT molecular complexity index is 312. The van der Waals surface area contributed by atoms with Gasteiger partial charge in [0.05, 0.1) is 6.04 Å². The van der Waals surface area contributed by atoms with Crippen LogP contribution < -0.4 is 5.32 Å². The predicted octanol–water partition coefficient (Wildman–Crippen LogP) is 0.929. The van der Waals surface area contributed by atoms with E-state index in [1.165, 1.54) is 0 Å². The second kappa shape index (κ2) is 3.69. The molecule has 0 unspecified atom stereocenters. The summed E-state index contributed by atoms with van der Waals surface area (Å²) >= 11 is 0. The van der Waals surface area contributed by atoms with Gasteiger partial charge in [-0.1, -0.05) is 13.8 Å². The van der Waals surface area contributed by atoms with Crippen molar-refractivity contribution in [1.29, 1.82) is 0 Å². The summed E-state index contributed by atoms with van der Waals surface area (Å²) in [4.78, 5) is 0. The first-order chi connectivity index (χ1) is 6.68. The average Bonchev–Trinajstić information content (AvgIpc) is 2.32. The average molecular weight is 194 g/mol. The Balaban J connectivity index is 2.21. The Labute approximate surface area is 84.7 Å². The van der Waals surface area contributed by atoms with Gasteiger partial charge >= 0.3 is 0 Å². The minimum Gasteiger partial charge on any atom is -0.313 e. The Morgan fingerprint density at radius 2 is 2.14 bits per heavy atom. The van der Waals surface area contributed by atoms with Crippen molar-refractivity contribution in [2.24, 2.45) is 5.92 Å². The fourth-order valence-corrected chi connectivity index (χ4v) is 1.85. The molecule has 0 bridgehead atoms. The summed E-state index contributed by atoms with van der Waals surface area (Å²) in [7, 11) is 0. The van der Waals surface area contributed by atoms with Gasteiger partial charge in [-0.2, -0.15) is 0 Å². The van der Waals surface area contributed by atoms with Gasteiger partial charge in [-0.15, -0.1) is 10.2 Å². The van der Waals surface area contributed by atoms with Gasteiger partial charge in [0, 0.05) is 19.5 Å². The van der Waals surface area contributed by atoms with Crippen molar-refractivity contribution in [2.45, 2.75) is 33.2 Å². The lowest BCUT2D eigenvalue weighted by Gasteiger charge is -2.30. The van der Waals surface area contributed by atoms with E-state index in [9.17, 15) is 0 Å². The van der Waals surface area contributed by atoms with E-state index in [1.807, 2.05) is 6.92 Å². The molecular formula is C10H18N4. The molecule has 0 saturated carbocycles. The van der Waals surface area contributed by atoms with Crippen LogP contribution in [0.1, 0.15) is 31.5 Å². The summed E-state index contributed by atoms with van der Waals surface area (Å²) in [5, 5.41) is 11.7. The fraction of sp³-hybridized carbons (Fsp3) is 0.800. The maximum Gasteiger partial charge on any atom is 0.133 e. The van der Waals surface area contributed by atoms with E-state index in [4.69, 9.17) is 0 Å². The minimum atomic E-state index is 0.582. The van der Waals surface area contributed by atoms with Crippen LogP contribution in [0.5, 0.6) is 0 Å². The van der Waals surface area contributed by atoms with Crippen molar-refractivity contribution in [3.05, 3.63) is 11.6 Å². The maximum atomic E-state index is 4.24. The van der Waals surface area contributed by atoms with Crippen molar-refractivity contribution in [3.63, 3.8) is 0 Å². The second-order valence-electron chi connectivity index (χ2n) is 4.44. The topological polar surface area (TPSA) is 42.7 Å². The lowest BCUT2D eigenvalue weighted by Crippen LogP contribution is -2.44. The summed E-state index contributed by atoms with van der Waals surface area (Å²) in [5.74, 6) is 2.83. The van der Waals surface area contributed by atoms with E-state index in [2.05, 4.69) is 33.9 Å². The molecule has 0 atom stereocenters. The molecule has 1 aliphatic rings. The second-order valence-corrected chi connectivity index (χ2v) is 4.44. The highest BCUT2D eigenvalue weighted by molar-refractivity contribution is 5.01. The van der Waals surface area contributed by atoms with Gasteiger partial charge < -0.3 is 9.88 Å². The fourth-order valence-electron chi connectivity index (χ4n) is 1.85. The van der Waals surface area contributed by atoms with Crippen molar-refractivity contribution < 1.29 is 0 Å². The number of rotatable bonds is 3. The van der Waals surface area contributed by atoms with E-state index in [-0.39, 0.29) is 0 Å². The summed E-state index contributed by atoms with van der Waals surface area (Å²) < 4.78 is 2.29. The zero-order valence-corrected chi connectivity index (χ0v) is 9.12. The molecule has 0 aromatic carbocycles. The normalized spacial score (nSPS) is 17.4. The first kappa shape index (κ1) is 9.65. The first-order valence-corrected chi connectivity index (χ1v) is 5.29. The van der Waals surface area contributed by atoms with Gasteiger partial charge in [0.2, 0.25) is 0 Å². The molecule has 1 aromatic heterocycles. The van der Waals surface area contributed by atoms with Crippen LogP contribution in [0.15, 0.2) is 0 Å². The van der Waals surface area contributed by atoms with Crippen molar-refractivity contribution >= 4 is 0 Å². The van der Waals surface area contributed by atoms with Gasteiger partial charge in [-0.25, -0.2) is 0 Å². The quantitative estimate of drug-likeness (QED) is 0.778. The molecule has 14 heavy (non-hydrogen) atoms. The van der Waals surface area contributed by atoms with Gasteiger partial charge in [-0.3, -0.25) is 0 Å². The van der Waals surface area contributed by atoms with Crippen LogP contribution in [0.25, 0.3) is 0 Å². The van der Waals surface area contributed by atoms with Crippen LogP contribution in [0, 0.1) is 12.8 Å². The molecule has 2 heterocycles. The Morgan fingerprint density at radius 1 is 1.43 bits per heavy atom. The molecular weight excluding hydrogens is 176 g/mol. The largest absolute Gasteiger partial charge is 0.313 e.